The van der Waals surface area contributed by atoms with Crippen LogP contribution in [0.5, 0.6) is 11.5 Å². The predicted molar refractivity (Wildman–Crippen MR) is 102 cm³/mol. The molecule has 4 nitrogen and oxygen atoms in total. The Hall–Kier alpha value is -2.25. The molecule has 28 heavy (non-hydrogen) atoms. The predicted octanol–water partition coefficient (Wildman–Crippen LogP) is 4.11. The molecule has 0 radical (unpaired) electrons. The largest absolute Gasteiger partial charge is 0.493 e. The van der Waals surface area contributed by atoms with E-state index < -0.39 is 11.7 Å². The maximum atomic E-state index is 13.0. The van der Waals surface area contributed by atoms with Crippen LogP contribution in [0.1, 0.15) is 29.7 Å². The fourth-order valence-corrected chi connectivity index (χ4v) is 3.54. The molecule has 0 aromatic heterocycles. The van der Waals surface area contributed by atoms with E-state index in [-0.39, 0.29) is 6.04 Å². The Morgan fingerprint density at radius 3 is 2.21 bits per heavy atom. The van der Waals surface area contributed by atoms with Crippen molar-refractivity contribution in [2.24, 2.45) is 0 Å². The minimum absolute atomic E-state index is 0.158. The third-order valence-corrected chi connectivity index (χ3v) is 4.87. The van der Waals surface area contributed by atoms with Gasteiger partial charge >= 0.3 is 6.18 Å². The fraction of sp³-hybridized carbons (Fsp3) is 0.429. The van der Waals surface area contributed by atoms with Crippen LogP contribution in [0.2, 0.25) is 0 Å². The maximum Gasteiger partial charge on any atom is 0.416 e. The van der Waals surface area contributed by atoms with Gasteiger partial charge < -0.3 is 14.8 Å². The van der Waals surface area contributed by atoms with Gasteiger partial charge in [-0.2, -0.15) is 13.2 Å². The molecule has 1 aliphatic rings. The monoisotopic (exact) mass is 394 g/mol. The summed E-state index contributed by atoms with van der Waals surface area (Å²) in [6.45, 7) is 5.72. The van der Waals surface area contributed by atoms with E-state index in [2.05, 4.69) is 10.2 Å². The van der Waals surface area contributed by atoms with Crippen LogP contribution in [0.15, 0.2) is 42.5 Å². The van der Waals surface area contributed by atoms with Gasteiger partial charge in [0.2, 0.25) is 0 Å². The quantitative estimate of drug-likeness (QED) is 0.800. The molecule has 1 aliphatic heterocycles. The number of halogens is 3. The van der Waals surface area contributed by atoms with Gasteiger partial charge in [-0.25, -0.2) is 0 Å². The van der Waals surface area contributed by atoms with Gasteiger partial charge in [-0.1, -0.05) is 18.2 Å². The van der Waals surface area contributed by atoms with Crippen LogP contribution in [0.4, 0.5) is 13.2 Å². The number of ether oxygens (including phenoxy) is 2. The van der Waals surface area contributed by atoms with E-state index in [1.54, 1.807) is 19.2 Å². The normalized spacial score (nSPS) is 16.6. The summed E-state index contributed by atoms with van der Waals surface area (Å²) in [7, 11) is 1.58. The Labute approximate surface area is 163 Å². The van der Waals surface area contributed by atoms with Gasteiger partial charge in [0.25, 0.3) is 0 Å². The number of methoxy groups -OCH3 is 1. The second-order valence-corrected chi connectivity index (χ2v) is 6.65. The molecule has 0 aliphatic carbocycles. The minimum Gasteiger partial charge on any atom is -0.493 e. The van der Waals surface area contributed by atoms with Gasteiger partial charge in [-0.3, -0.25) is 4.90 Å². The lowest BCUT2D eigenvalue weighted by molar-refractivity contribution is -0.137. The molecule has 7 heteroatoms. The molecule has 0 bridgehead atoms. The van der Waals surface area contributed by atoms with Crippen molar-refractivity contribution in [1.82, 2.24) is 10.2 Å². The maximum absolute atomic E-state index is 13.0. The van der Waals surface area contributed by atoms with Crippen LogP contribution in [0.3, 0.4) is 0 Å². The molecule has 0 saturated carbocycles. The highest BCUT2D eigenvalue weighted by molar-refractivity contribution is 5.46. The number of benzene rings is 2. The van der Waals surface area contributed by atoms with Crippen molar-refractivity contribution in [3.63, 3.8) is 0 Å². The van der Waals surface area contributed by atoms with E-state index >= 15 is 0 Å². The Morgan fingerprint density at radius 2 is 1.64 bits per heavy atom. The zero-order valence-corrected chi connectivity index (χ0v) is 16.1. The lowest BCUT2D eigenvalue weighted by Gasteiger charge is -2.36. The summed E-state index contributed by atoms with van der Waals surface area (Å²) in [5, 5.41) is 3.31. The minimum atomic E-state index is -4.34. The van der Waals surface area contributed by atoms with Crippen LogP contribution in [0.25, 0.3) is 0 Å². The number of nitrogens with zero attached hydrogens (tertiary/aromatic N) is 1. The van der Waals surface area contributed by atoms with Crippen LogP contribution in [0, 0.1) is 0 Å². The van der Waals surface area contributed by atoms with E-state index in [1.807, 2.05) is 25.1 Å². The zero-order chi connectivity index (χ0) is 20.1. The third kappa shape index (κ3) is 4.59. The Bertz CT molecular complexity index is 772. The highest BCUT2D eigenvalue weighted by Gasteiger charge is 2.31. The summed E-state index contributed by atoms with van der Waals surface area (Å²) >= 11 is 0. The molecular formula is C21H25F3N2O2. The molecule has 0 amide bonds. The number of hydrogen-bond donors (Lipinski definition) is 1. The number of alkyl halides is 3. The van der Waals surface area contributed by atoms with Crippen molar-refractivity contribution in [2.45, 2.75) is 19.1 Å². The first-order chi connectivity index (χ1) is 13.4. The third-order valence-electron chi connectivity index (χ3n) is 4.87. The first-order valence-electron chi connectivity index (χ1n) is 9.36. The summed E-state index contributed by atoms with van der Waals surface area (Å²) < 4.78 is 50.0. The standard InChI is InChI=1S/C21H25F3N2O2/c1-3-28-18-9-6-16(14-19(18)27-2)20(26-12-10-25-11-13-26)15-4-7-17(8-5-15)21(22,23)24/h4-9,14,20,25H,3,10-13H2,1-2H3. The van der Waals surface area contributed by atoms with E-state index in [4.69, 9.17) is 9.47 Å². The van der Waals surface area contributed by atoms with Gasteiger partial charge in [0.1, 0.15) is 0 Å². The topological polar surface area (TPSA) is 33.7 Å². The number of rotatable bonds is 6. The molecule has 3 rings (SSSR count). The SMILES string of the molecule is CCOc1ccc(C(c2ccc(C(F)(F)F)cc2)N2CCNCC2)cc1OC. The second kappa shape index (κ2) is 8.84. The Kier molecular flexibility index (Phi) is 6.46. The highest BCUT2D eigenvalue weighted by Crippen LogP contribution is 2.37. The molecular weight excluding hydrogens is 369 g/mol. The molecule has 0 spiro atoms. The molecule has 2 aromatic carbocycles. The van der Waals surface area contributed by atoms with Gasteiger partial charge in [-0.15, -0.1) is 0 Å². The van der Waals surface area contributed by atoms with Crippen molar-refractivity contribution in [1.29, 1.82) is 0 Å². The van der Waals surface area contributed by atoms with E-state index in [0.717, 1.165) is 49.4 Å². The number of piperazine rings is 1. The smallest absolute Gasteiger partial charge is 0.416 e. The average Bonchev–Trinajstić information content (AvgIpc) is 2.70. The first kappa shape index (κ1) is 20.5. The first-order valence-corrected chi connectivity index (χ1v) is 9.36. The van der Waals surface area contributed by atoms with Crippen molar-refractivity contribution in [3.8, 4) is 11.5 Å². The summed E-state index contributed by atoms with van der Waals surface area (Å²) in [5.41, 5.74) is 1.14. The molecule has 152 valence electrons. The van der Waals surface area contributed by atoms with Crippen LogP contribution >= 0.6 is 0 Å². The zero-order valence-electron chi connectivity index (χ0n) is 16.1. The van der Waals surface area contributed by atoms with Gasteiger partial charge in [0.15, 0.2) is 11.5 Å². The van der Waals surface area contributed by atoms with Crippen LogP contribution < -0.4 is 14.8 Å². The Morgan fingerprint density at radius 1 is 1.00 bits per heavy atom. The second-order valence-electron chi connectivity index (χ2n) is 6.65. The van der Waals surface area contributed by atoms with Gasteiger partial charge in [0, 0.05) is 26.2 Å². The summed E-state index contributed by atoms with van der Waals surface area (Å²) in [5.74, 6) is 1.27. The van der Waals surface area contributed by atoms with Crippen LogP contribution in [-0.4, -0.2) is 44.8 Å². The van der Waals surface area contributed by atoms with E-state index in [9.17, 15) is 13.2 Å². The molecule has 1 heterocycles. The number of nitrogens with one attached hydrogen (secondary N) is 1. The average molecular weight is 394 g/mol. The summed E-state index contributed by atoms with van der Waals surface area (Å²) in [6.07, 6.45) is -4.34. The fourth-order valence-electron chi connectivity index (χ4n) is 3.54. The van der Waals surface area contributed by atoms with Crippen molar-refractivity contribution < 1.29 is 22.6 Å². The van der Waals surface area contributed by atoms with Gasteiger partial charge in [-0.05, 0) is 42.3 Å². The van der Waals surface area contributed by atoms with Crippen molar-refractivity contribution in [2.75, 3.05) is 39.9 Å². The molecule has 1 atom stereocenters. The summed E-state index contributed by atoms with van der Waals surface area (Å²) in [4.78, 5) is 2.27. The van der Waals surface area contributed by atoms with Crippen molar-refractivity contribution >= 4 is 0 Å². The highest BCUT2D eigenvalue weighted by atomic mass is 19.4. The van der Waals surface area contributed by atoms with Gasteiger partial charge in [0.05, 0.1) is 25.3 Å². The molecule has 2 aromatic rings. The van der Waals surface area contributed by atoms with E-state index in [1.165, 1.54) is 0 Å². The number of hydrogen-bond acceptors (Lipinski definition) is 4. The molecule has 1 N–H and O–H groups in total. The lowest BCUT2D eigenvalue weighted by atomic mass is 9.95. The molecule has 1 fully saturated rings. The van der Waals surface area contributed by atoms with E-state index in [0.29, 0.717) is 18.1 Å². The lowest BCUT2D eigenvalue weighted by Crippen LogP contribution is -2.45. The molecule has 1 saturated heterocycles. The Balaban J connectivity index is 2.00. The molecule has 1 unspecified atom stereocenters. The summed E-state index contributed by atoms with van der Waals surface area (Å²) in [6, 6.07) is 11.0. The van der Waals surface area contributed by atoms with Crippen molar-refractivity contribution in [3.05, 3.63) is 59.2 Å². The van der Waals surface area contributed by atoms with Crippen LogP contribution in [-0.2, 0) is 6.18 Å².